The Kier molecular flexibility index (Phi) is 3.87. The fourth-order valence-corrected chi connectivity index (χ4v) is 4.54. The third-order valence-corrected chi connectivity index (χ3v) is 5.45. The molecule has 0 aliphatic carbocycles. The topological polar surface area (TPSA) is 122 Å². The summed E-state index contributed by atoms with van der Waals surface area (Å²) in [6, 6.07) is 8.24. The van der Waals surface area contributed by atoms with Gasteiger partial charge in [0.05, 0.1) is 24.3 Å². The fourth-order valence-electron chi connectivity index (χ4n) is 2.40. The molecule has 0 radical (unpaired) electrons. The molecule has 0 saturated heterocycles. The van der Waals surface area contributed by atoms with Gasteiger partial charge in [0, 0.05) is 5.56 Å². The van der Waals surface area contributed by atoms with Crippen LogP contribution in [0.25, 0.3) is 0 Å². The zero-order chi connectivity index (χ0) is 16.7. The number of hydrogen-bond donors (Lipinski definition) is 0. The second-order valence-electron chi connectivity index (χ2n) is 4.74. The quantitative estimate of drug-likeness (QED) is 0.754. The van der Waals surface area contributed by atoms with Gasteiger partial charge in [-0.2, -0.15) is 10.5 Å². The van der Waals surface area contributed by atoms with Crippen LogP contribution in [0.2, 0.25) is 0 Å². The molecule has 0 saturated carbocycles. The molecular formula is C12H12N4O4S2. The molecule has 116 valence electrons. The summed E-state index contributed by atoms with van der Waals surface area (Å²) in [6.45, 7) is 0. The van der Waals surface area contributed by atoms with Gasteiger partial charge < -0.3 is 0 Å². The average Bonchev–Trinajstić information content (AvgIpc) is 2.42. The van der Waals surface area contributed by atoms with Crippen molar-refractivity contribution in [1.82, 2.24) is 4.31 Å². The molecule has 1 aliphatic heterocycles. The summed E-state index contributed by atoms with van der Waals surface area (Å²) in [5.41, 5.74) is 0.343. The highest BCUT2D eigenvalue weighted by molar-refractivity contribution is 7.92. The summed E-state index contributed by atoms with van der Waals surface area (Å²) in [7, 11) is -7.93. The van der Waals surface area contributed by atoms with Crippen molar-refractivity contribution in [2.75, 3.05) is 16.8 Å². The molecule has 1 heterocycles. The van der Waals surface area contributed by atoms with Crippen molar-refractivity contribution >= 4 is 25.7 Å². The molecule has 2 rings (SSSR count). The number of nitriles is 2. The molecule has 22 heavy (non-hydrogen) atoms. The van der Waals surface area contributed by atoms with Crippen molar-refractivity contribution < 1.29 is 16.8 Å². The number of para-hydroxylation sites is 1. The lowest BCUT2D eigenvalue weighted by Crippen LogP contribution is -2.56. The van der Waals surface area contributed by atoms with Crippen LogP contribution < -0.4 is 4.31 Å². The minimum atomic E-state index is -4.00. The molecule has 1 aromatic carbocycles. The number of anilines is 1. The Morgan fingerprint density at radius 3 is 2.05 bits per heavy atom. The van der Waals surface area contributed by atoms with E-state index in [4.69, 9.17) is 0 Å². The van der Waals surface area contributed by atoms with Crippen LogP contribution in [0.1, 0.15) is 11.6 Å². The molecule has 0 bridgehead atoms. The van der Waals surface area contributed by atoms with E-state index in [1.807, 2.05) is 6.07 Å². The third kappa shape index (κ3) is 2.52. The summed E-state index contributed by atoms with van der Waals surface area (Å²) < 4.78 is 49.5. The van der Waals surface area contributed by atoms with E-state index in [1.165, 1.54) is 12.1 Å². The molecule has 8 nitrogen and oxygen atoms in total. The van der Waals surface area contributed by atoms with Gasteiger partial charge >= 0.3 is 0 Å². The molecule has 0 N–H and O–H groups in total. The van der Waals surface area contributed by atoms with Gasteiger partial charge in [0.25, 0.3) is 0 Å². The van der Waals surface area contributed by atoms with Gasteiger partial charge in [0.15, 0.2) is 6.17 Å². The fraction of sp³-hybridized carbons (Fsp3) is 0.333. The number of benzene rings is 1. The van der Waals surface area contributed by atoms with Gasteiger partial charge in [-0.15, -0.1) is 4.31 Å². The van der Waals surface area contributed by atoms with Crippen molar-refractivity contribution in [3.63, 3.8) is 0 Å². The first kappa shape index (κ1) is 16.2. The van der Waals surface area contributed by atoms with E-state index in [1.54, 1.807) is 18.2 Å². The lowest BCUT2D eigenvalue weighted by Gasteiger charge is -2.41. The standard InChI is InChI=1S/C12H12N4O4S2/c1-21(17,18)15-10-6-4-3-5-9(10)11(7-13)16(12(15)8-14)22(2,19)20/h3-6,11-12H,1-2H3. The number of hydrogen-bond acceptors (Lipinski definition) is 6. The van der Waals surface area contributed by atoms with Gasteiger partial charge in [-0.3, -0.25) is 0 Å². The molecule has 1 aliphatic rings. The van der Waals surface area contributed by atoms with Crippen molar-refractivity contribution in [3.8, 4) is 12.1 Å². The van der Waals surface area contributed by atoms with Crippen LogP contribution in [0.5, 0.6) is 0 Å². The first-order valence-electron chi connectivity index (χ1n) is 5.99. The van der Waals surface area contributed by atoms with Crippen LogP contribution in [0.15, 0.2) is 24.3 Å². The Bertz CT molecular complexity index is 896. The molecule has 2 atom stereocenters. The van der Waals surface area contributed by atoms with Crippen LogP contribution in [0.3, 0.4) is 0 Å². The van der Waals surface area contributed by atoms with E-state index >= 15 is 0 Å². The van der Waals surface area contributed by atoms with Gasteiger partial charge in [0.1, 0.15) is 12.1 Å². The maximum Gasteiger partial charge on any atom is 0.234 e. The smallest absolute Gasteiger partial charge is 0.234 e. The summed E-state index contributed by atoms with van der Waals surface area (Å²) in [6.07, 6.45) is 0.0571. The minimum Gasteiger partial charge on any atom is -0.239 e. The van der Waals surface area contributed by atoms with Crippen LogP contribution in [0.4, 0.5) is 5.69 Å². The Hall–Kier alpha value is -2.14. The molecule has 0 aromatic heterocycles. The van der Waals surface area contributed by atoms with Gasteiger partial charge in [-0.25, -0.2) is 21.1 Å². The van der Waals surface area contributed by atoms with E-state index in [0.717, 1.165) is 16.8 Å². The molecular weight excluding hydrogens is 328 g/mol. The van der Waals surface area contributed by atoms with E-state index in [0.29, 0.717) is 4.31 Å². The molecule has 1 aromatic rings. The summed E-state index contributed by atoms with van der Waals surface area (Å²) in [5.74, 6) is 0. The maximum absolute atomic E-state index is 12.1. The second kappa shape index (κ2) is 5.25. The van der Waals surface area contributed by atoms with E-state index in [2.05, 4.69) is 0 Å². The molecule has 0 spiro atoms. The SMILES string of the molecule is CS(=O)(=O)N1c2ccccc2C(C#N)N(S(C)(=O)=O)C1C#N. The van der Waals surface area contributed by atoms with Crippen LogP contribution in [-0.4, -0.2) is 39.8 Å². The molecule has 2 unspecified atom stereocenters. The van der Waals surface area contributed by atoms with E-state index in [9.17, 15) is 27.4 Å². The third-order valence-electron chi connectivity index (χ3n) is 3.16. The number of nitrogens with zero attached hydrogens (tertiary/aromatic N) is 4. The Labute approximate surface area is 128 Å². The predicted octanol–water partition coefficient (Wildman–Crippen LogP) is 0.142. The highest BCUT2D eigenvalue weighted by Gasteiger charge is 2.47. The zero-order valence-electron chi connectivity index (χ0n) is 11.7. The minimum absolute atomic E-state index is 0.128. The highest BCUT2D eigenvalue weighted by Crippen LogP contribution is 2.40. The lowest BCUT2D eigenvalue weighted by atomic mass is 10.0. The number of fused-ring (bicyclic) bond motifs is 1. The van der Waals surface area contributed by atoms with Crippen molar-refractivity contribution in [3.05, 3.63) is 29.8 Å². The summed E-state index contributed by atoms with van der Waals surface area (Å²) in [5, 5.41) is 18.7. The van der Waals surface area contributed by atoms with Crippen LogP contribution >= 0.6 is 0 Å². The van der Waals surface area contributed by atoms with Gasteiger partial charge in [0.2, 0.25) is 20.0 Å². The highest BCUT2D eigenvalue weighted by atomic mass is 32.2. The van der Waals surface area contributed by atoms with Gasteiger partial charge in [-0.1, -0.05) is 18.2 Å². The largest absolute Gasteiger partial charge is 0.239 e. The monoisotopic (exact) mass is 340 g/mol. The van der Waals surface area contributed by atoms with Crippen molar-refractivity contribution in [2.45, 2.75) is 12.2 Å². The van der Waals surface area contributed by atoms with Gasteiger partial charge in [-0.05, 0) is 6.07 Å². The zero-order valence-corrected chi connectivity index (χ0v) is 13.3. The Balaban J connectivity index is 2.88. The normalized spacial score (nSPS) is 22.5. The summed E-state index contributed by atoms with van der Waals surface area (Å²) >= 11 is 0. The number of rotatable bonds is 2. The van der Waals surface area contributed by atoms with E-state index in [-0.39, 0.29) is 11.3 Å². The van der Waals surface area contributed by atoms with E-state index < -0.39 is 32.3 Å². The van der Waals surface area contributed by atoms with Crippen molar-refractivity contribution in [1.29, 1.82) is 10.5 Å². The molecule has 0 fully saturated rings. The summed E-state index contributed by atoms with van der Waals surface area (Å²) in [4.78, 5) is 0. The number of sulfonamides is 2. The predicted molar refractivity (Wildman–Crippen MR) is 78.2 cm³/mol. The Morgan fingerprint density at radius 2 is 1.59 bits per heavy atom. The first-order valence-corrected chi connectivity index (χ1v) is 9.68. The maximum atomic E-state index is 12.1. The van der Waals surface area contributed by atoms with Crippen LogP contribution in [0, 0.1) is 22.7 Å². The van der Waals surface area contributed by atoms with Crippen molar-refractivity contribution in [2.24, 2.45) is 0 Å². The molecule has 10 heteroatoms. The lowest BCUT2D eigenvalue weighted by molar-refractivity contribution is 0.325. The Morgan fingerprint density at radius 1 is 1.00 bits per heavy atom. The second-order valence-corrected chi connectivity index (χ2v) is 8.49. The van der Waals surface area contributed by atoms with Crippen LogP contribution in [-0.2, 0) is 20.0 Å². The average molecular weight is 340 g/mol. The molecule has 0 amide bonds. The first-order chi connectivity index (χ1) is 10.1.